The van der Waals surface area contributed by atoms with Crippen LogP contribution < -0.4 is 5.32 Å². The molecular weight excluding hydrogens is 336 g/mol. The van der Waals surface area contributed by atoms with Crippen LogP contribution in [0.25, 0.3) is 0 Å². The van der Waals surface area contributed by atoms with E-state index in [1.165, 1.54) is 18.1 Å². The highest BCUT2D eigenvalue weighted by Crippen LogP contribution is 2.24. The van der Waals surface area contributed by atoms with Crippen molar-refractivity contribution < 1.29 is 9.59 Å². The first kappa shape index (κ1) is 17.5. The van der Waals surface area contributed by atoms with E-state index >= 15 is 0 Å². The molecule has 4 nitrogen and oxygen atoms in total. The van der Waals surface area contributed by atoms with Crippen molar-refractivity contribution >= 4 is 23.4 Å². The molecule has 2 amide bonds. The topological polar surface area (TPSA) is 49.4 Å². The summed E-state index contributed by atoms with van der Waals surface area (Å²) >= 11 is 6.06. The molecule has 1 unspecified atom stereocenters. The third-order valence-electron chi connectivity index (χ3n) is 4.49. The number of halogens is 1. The lowest BCUT2D eigenvalue weighted by molar-refractivity contribution is -0.133. The van der Waals surface area contributed by atoms with Gasteiger partial charge in [0.25, 0.3) is 0 Å². The monoisotopic (exact) mass is 356 g/mol. The predicted molar refractivity (Wildman–Crippen MR) is 98.2 cm³/mol. The number of amides is 2. The average Bonchev–Trinajstić information content (AvgIpc) is 2.60. The first-order chi connectivity index (χ1) is 12.0. The zero-order chi connectivity index (χ0) is 17.8. The van der Waals surface area contributed by atoms with Crippen LogP contribution in [-0.4, -0.2) is 23.3 Å². The number of fused-ring (bicyclic) bond motifs is 1. The lowest BCUT2D eigenvalue weighted by Gasteiger charge is -2.30. The SMILES string of the molecule is CC(=O)NC(CC(=O)N1CCc2ccccc2C1)c1cccc(Cl)c1. The quantitative estimate of drug-likeness (QED) is 0.911. The van der Waals surface area contributed by atoms with Gasteiger partial charge in [-0.05, 0) is 35.2 Å². The molecule has 2 aromatic carbocycles. The summed E-state index contributed by atoms with van der Waals surface area (Å²) in [6.45, 7) is 2.79. The first-order valence-corrected chi connectivity index (χ1v) is 8.78. The van der Waals surface area contributed by atoms with Crippen LogP contribution in [0.4, 0.5) is 0 Å². The highest BCUT2D eigenvalue weighted by molar-refractivity contribution is 6.30. The molecule has 1 aliphatic heterocycles. The van der Waals surface area contributed by atoms with Gasteiger partial charge in [0, 0.05) is 25.0 Å². The number of hydrogen-bond acceptors (Lipinski definition) is 2. The van der Waals surface area contributed by atoms with Crippen molar-refractivity contribution in [1.82, 2.24) is 10.2 Å². The number of hydrogen-bond donors (Lipinski definition) is 1. The molecule has 0 fully saturated rings. The first-order valence-electron chi connectivity index (χ1n) is 8.40. The van der Waals surface area contributed by atoms with Crippen LogP contribution in [0.1, 0.15) is 36.1 Å². The minimum Gasteiger partial charge on any atom is -0.349 e. The van der Waals surface area contributed by atoms with Crippen LogP contribution in [0.2, 0.25) is 5.02 Å². The van der Waals surface area contributed by atoms with Gasteiger partial charge in [-0.3, -0.25) is 9.59 Å². The predicted octanol–water partition coefficient (Wildman–Crippen LogP) is 3.49. The molecule has 1 atom stereocenters. The minimum atomic E-state index is -0.374. The van der Waals surface area contributed by atoms with Crippen molar-refractivity contribution in [2.45, 2.75) is 32.4 Å². The Morgan fingerprint density at radius 3 is 2.64 bits per heavy atom. The van der Waals surface area contributed by atoms with Crippen LogP contribution in [-0.2, 0) is 22.6 Å². The van der Waals surface area contributed by atoms with Gasteiger partial charge in [0.1, 0.15) is 0 Å². The molecule has 1 aliphatic rings. The van der Waals surface area contributed by atoms with E-state index in [4.69, 9.17) is 11.6 Å². The number of nitrogens with one attached hydrogen (secondary N) is 1. The van der Waals surface area contributed by atoms with E-state index in [0.717, 1.165) is 12.0 Å². The van der Waals surface area contributed by atoms with Gasteiger partial charge in [-0.2, -0.15) is 0 Å². The maximum Gasteiger partial charge on any atom is 0.225 e. The van der Waals surface area contributed by atoms with Crippen molar-refractivity contribution in [2.75, 3.05) is 6.54 Å². The van der Waals surface area contributed by atoms with Crippen LogP contribution in [0.3, 0.4) is 0 Å². The minimum absolute atomic E-state index is 0.0354. The maximum absolute atomic E-state index is 12.8. The third kappa shape index (κ3) is 4.40. The van der Waals surface area contributed by atoms with Gasteiger partial charge in [-0.25, -0.2) is 0 Å². The van der Waals surface area contributed by atoms with E-state index in [-0.39, 0.29) is 24.3 Å². The summed E-state index contributed by atoms with van der Waals surface area (Å²) in [5, 5.41) is 3.46. The van der Waals surface area contributed by atoms with Gasteiger partial charge in [-0.1, -0.05) is 48.0 Å². The summed E-state index contributed by atoms with van der Waals surface area (Å²) in [4.78, 5) is 26.2. The molecule has 2 aromatic rings. The fourth-order valence-electron chi connectivity index (χ4n) is 3.23. The Balaban J connectivity index is 1.73. The molecule has 0 aromatic heterocycles. The molecule has 0 saturated heterocycles. The van der Waals surface area contributed by atoms with Crippen molar-refractivity contribution in [3.8, 4) is 0 Å². The Labute approximate surface area is 152 Å². The van der Waals surface area contributed by atoms with Crippen LogP contribution in [0.5, 0.6) is 0 Å². The number of carbonyl (C=O) groups is 2. The van der Waals surface area contributed by atoms with Gasteiger partial charge in [0.05, 0.1) is 12.5 Å². The zero-order valence-corrected chi connectivity index (χ0v) is 14.9. The number of rotatable bonds is 4. The standard InChI is InChI=1S/C20H21ClN2O2/c1-14(24)22-19(16-7-4-8-18(21)11-16)12-20(25)23-10-9-15-5-2-3-6-17(15)13-23/h2-8,11,19H,9-10,12-13H2,1H3,(H,22,24). The van der Waals surface area contributed by atoms with Gasteiger partial charge in [-0.15, -0.1) is 0 Å². The Kier molecular flexibility index (Phi) is 5.39. The lowest BCUT2D eigenvalue weighted by Crippen LogP contribution is -2.38. The molecule has 130 valence electrons. The van der Waals surface area contributed by atoms with Gasteiger partial charge in [0.15, 0.2) is 0 Å². The molecule has 25 heavy (non-hydrogen) atoms. The summed E-state index contributed by atoms with van der Waals surface area (Å²) in [7, 11) is 0. The molecule has 0 bridgehead atoms. The average molecular weight is 357 g/mol. The normalized spacial score (nSPS) is 14.6. The molecule has 0 saturated carbocycles. The largest absolute Gasteiger partial charge is 0.349 e. The maximum atomic E-state index is 12.8. The van der Waals surface area contributed by atoms with Crippen molar-refractivity contribution in [3.05, 3.63) is 70.2 Å². The van der Waals surface area contributed by atoms with Crippen LogP contribution in [0.15, 0.2) is 48.5 Å². The second-order valence-electron chi connectivity index (χ2n) is 6.35. The zero-order valence-electron chi connectivity index (χ0n) is 14.2. The van der Waals surface area contributed by atoms with Crippen molar-refractivity contribution in [1.29, 1.82) is 0 Å². The van der Waals surface area contributed by atoms with Crippen LogP contribution >= 0.6 is 11.6 Å². The van der Waals surface area contributed by atoms with Gasteiger partial charge < -0.3 is 10.2 Å². The molecule has 0 radical (unpaired) electrons. The Bertz CT molecular complexity index is 791. The highest BCUT2D eigenvalue weighted by atomic mass is 35.5. The van der Waals surface area contributed by atoms with E-state index < -0.39 is 0 Å². The Morgan fingerprint density at radius 1 is 1.16 bits per heavy atom. The molecule has 0 aliphatic carbocycles. The molecule has 0 spiro atoms. The summed E-state index contributed by atoms with van der Waals surface area (Å²) in [6.07, 6.45) is 1.09. The Morgan fingerprint density at radius 2 is 1.92 bits per heavy atom. The summed E-state index contributed by atoms with van der Waals surface area (Å²) < 4.78 is 0. The summed E-state index contributed by atoms with van der Waals surface area (Å²) in [5.74, 6) is -0.130. The fraction of sp³-hybridized carbons (Fsp3) is 0.300. The molecule has 1 heterocycles. The second kappa shape index (κ2) is 7.70. The van der Waals surface area contributed by atoms with Crippen molar-refractivity contribution in [2.24, 2.45) is 0 Å². The van der Waals surface area contributed by atoms with E-state index in [9.17, 15) is 9.59 Å². The third-order valence-corrected chi connectivity index (χ3v) is 4.73. The van der Waals surface area contributed by atoms with Gasteiger partial charge in [0.2, 0.25) is 11.8 Å². The highest BCUT2D eigenvalue weighted by Gasteiger charge is 2.24. The Hall–Kier alpha value is -2.33. The lowest BCUT2D eigenvalue weighted by atomic mass is 9.98. The van der Waals surface area contributed by atoms with Gasteiger partial charge >= 0.3 is 0 Å². The number of carbonyl (C=O) groups excluding carboxylic acids is 2. The summed E-state index contributed by atoms with van der Waals surface area (Å²) in [5.41, 5.74) is 3.34. The van der Waals surface area contributed by atoms with E-state index in [2.05, 4.69) is 17.4 Å². The van der Waals surface area contributed by atoms with E-state index in [1.54, 1.807) is 12.1 Å². The van der Waals surface area contributed by atoms with E-state index in [1.807, 2.05) is 29.2 Å². The molecule has 5 heteroatoms. The van der Waals surface area contributed by atoms with Crippen LogP contribution in [0, 0.1) is 0 Å². The molecular formula is C20H21ClN2O2. The van der Waals surface area contributed by atoms with E-state index in [0.29, 0.717) is 18.1 Å². The van der Waals surface area contributed by atoms with Crippen molar-refractivity contribution in [3.63, 3.8) is 0 Å². The number of nitrogens with zero attached hydrogens (tertiary/aromatic N) is 1. The fourth-order valence-corrected chi connectivity index (χ4v) is 3.43. The summed E-state index contributed by atoms with van der Waals surface area (Å²) in [6, 6.07) is 15.1. The number of benzene rings is 2. The second-order valence-corrected chi connectivity index (χ2v) is 6.78. The smallest absolute Gasteiger partial charge is 0.225 e. The molecule has 3 rings (SSSR count). The molecule has 1 N–H and O–H groups in total.